The average molecular weight is 382 g/mol. The van der Waals surface area contributed by atoms with Crippen molar-refractivity contribution >= 4 is 17.5 Å². The number of carbonyl (C=O) groups is 2. The molecule has 0 radical (unpaired) electrons. The second-order valence-electron chi connectivity index (χ2n) is 7.25. The van der Waals surface area contributed by atoms with Crippen LogP contribution in [0.25, 0.3) is 0 Å². The zero-order valence-corrected chi connectivity index (χ0v) is 17.5. The molecule has 2 atom stereocenters. The predicted molar refractivity (Wildman–Crippen MR) is 115 cm³/mol. The number of benzene rings is 2. The number of nitrogens with one attached hydrogen (secondary N) is 2. The van der Waals surface area contributed by atoms with Crippen LogP contribution in [0.3, 0.4) is 0 Å². The lowest BCUT2D eigenvalue weighted by Gasteiger charge is -2.25. The Morgan fingerprint density at radius 1 is 1.04 bits per heavy atom. The smallest absolute Gasteiger partial charge is 0.251 e. The van der Waals surface area contributed by atoms with E-state index < -0.39 is 0 Å². The van der Waals surface area contributed by atoms with Crippen LogP contribution < -0.4 is 10.6 Å². The molecule has 2 aromatic carbocycles. The van der Waals surface area contributed by atoms with Crippen molar-refractivity contribution in [3.05, 3.63) is 65.2 Å². The van der Waals surface area contributed by atoms with E-state index in [1.54, 1.807) is 19.2 Å². The van der Waals surface area contributed by atoms with Crippen LogP contribution in [0.2, 0.25) is 0 Å². The molecule has 0 fully saturated rings. The Hall–Kier alpha value is -2.66. The van der Waals surface area contributed by atoms with Crippen molar-refractivity contribution in [1.29, 1.82) is 0 Å². The molecule has 0 aliphatic heterocycles. The third-order valence-corrected chi connectivity index (χ3v) is 5.28. The summed E-state index contributed by atoms with van der Waals surface area (Å²) in [6, 6.07) is 15.1. The van der Waals surface area contributed by atoms with Crippen molar-refractivity contribution < 1.29 is 9.59 Å². The van der Waals surface area contributed by atoms with Gasteiger partial charge < -0.3 is 10.6 Å². The molecule has 0 aliphatic carbocycles. The van der Waals surface area contributed by atoms with Crippen LogP contribution >= 0.6 is 0 Å². The number of anilines is 1. The molecule has 2 rings (SSSR count). The Balaban J connectivity index is 2.02. The molecule has 0 unspecified atom stereocenters. The van der Waals surface area contributed by atoms with E-state index in [2.05, 4.69) is 30.5 Å². The van der Waals surface area contributed by atoms with E-state index in [4.69, 9.17) is 0 Å². The van der Waals surface area contributed by atoms with Crippen LogP contribution in [0.5, 0.6) is 0 Å². The lowest BCUT2D eigenvalue weighted by molar-refractivity contribution is -0.120. The quantitative estimate of drug-likeness (QED) is 0.726. The molecule has 5 heteroatoms. The first-order valence-corrected chi connectivity index (χ1v) is 9.78. The molecule has 0 bridgehead atoms. The minimum atomic E-state index is -0.288. The highest BCUT2D eigenvalue weighted by atomic mass is 16.2. The number of rotatable bonds is 8. The van der Waals surface area contributed by atoms with Crippen molar-refractivity contribution in [3.63, 3.8) is 0 Å². The molecule has 150 valence electrons. The van der Waals surface area contributed by atoms with Gasteiger partial charge in [-0.15, -0.1) is 0 Å². The number of para-hydroxylation sites is 1. The zero-order chi connectivity index (χ0) is 20.7. The summed E-state index contributed by atoms with van der Waals surface area (Å²) >= 11 is 0. The van der Waals surface area contributed by atoms with Gasteiger partial charge in [0, 0.05) is 24.8 Å². The van der Waals surface area contributed by atoms with Gasteiger partial charge in [0.15, 0.2) is 0 Å². The Morgan fingerprint density at radius 2 is 1.68 bits per heavy atom. The van der Waals surface area contributed by atoms with E-state index in [1.807, 2.05) is 49.2 Å². The molecule has 0 aliphatic rings. The first kappa shape index (κ1) is 21.6. The summed E-state index contributed by atoms with van der Waals surface area (Å²) in [5, 5.41) is 5.70. The van der Waals surface area contributed by atoms with Crippen LogP contribution in [-0.4, -0.2) is 36.9 Å². The first-order chi connectivity index (χ1) is 13.4. The summed E-state index contributed by atoms with van der Waals surface area (Å²) in [7, 11) is 3.54. The minimum Gasteiger partial charge on any atom is -0.355 e. The predicted octanol–water partition coefficient (Wildman–Crippen LogP) is 4.02. The third kappa shape index (κ3) is 5.42. The molecule has 0 spiro atoms. The first-order valence-electron chi connectivity index (χ1n) is 9.78. The van der Waals surface area contributed by atoms with Crippen molar-refractivity contribution in [2.45, 2.75) is 45.7 Å². The molecule has 0 heterocycles. The molecule has 2 N–H and O–H groups in total. The Labute approximate surface area is 168 Å². The summed E-state index contributed by atoms with van der Waals surface area (Å²) < 4.78 is 0. The third-order valence-electron chi connectivity index (χ3n) is 5.28. The molecule has 28 heavy (non-hydrogen) atoms. The molecule has 0 saturated heterocycles. The maximum absolute atomic E-state index is 12.8. The number of likely N-dealkylation sites (N-methyl/N-ethyl adjacent to an activating group) is 1. The van der Waals surface area contributed by atoms with E-state index in [0.29, 0.717) is 18.0 Å². The van der Waals surface area contributed by atoms with E-state index in [-0.39, 0.29) is 17.9 Å². The van der Waals surface area contributed by atoms with Gasteiger partial charge in [-0.25, -0.2) is 0 Å². The lowest BCUT2D eigenvalue weighted by Crippen LogP contribution is -2.39. The van der Waals surface area contributed by atoms with Gasteiger partial charge >= 0.3 is 0 Å². The minimum absolute atomic E-state index is 0.0276. The van der Waals surface area contributed by atoms with Gasteiger partial charge in [0.1, 0.15) is 0 Å². The van der Waals surface area contributed by atoms with E-state index in [9.17, 15) is 9.59 Å². The maximum atomic E-state index is 12.8. The highest BCUT2D eigenvalue weighted by molar-refractivity contribution is 5.95. The fraction of sp³-hybridized carbons (Fsp3) is 0.391. The molecule has 2 aromatic rings. The number of amides is 2. The summed E-state index contributed by atoms with van der Waals surface area (Å²) in [5.74, 6) is 0.260. The van der Waals surface area contributed by atoms with Gasteiger partial charge in [-0.1, -0.05) is 44.2 Å². The second-order valence-corrected chi connectivity index (χ2v) is 7.25. The Bertz CT molecular complexity index is 802. The van der Waals surface area contributed by atoms with Crippen molar-refractivity contribution in [2.75, 3.05) is 19.4 Å². The molecule has 2 amide bonds. The highest BCUT2D eigenvalue weighted by Gasteiger charge is 2.20. The van der Waals surface area contributed by atoms with Gasteiger partial charge in [-0.05, 0) is 55.6 Å². The average Bonchev–Trinajstić information content (AvgIpc) is 2.72. The van der Waals surface area contributed by atoms with Gasteiger partial charge in [0.2, 0.25) is 5.91 Å². The van der Waals surface area contributed by atoms with Crippen molar-refractivity contribution in [1.82, 2.24) is 10.2 Å². The summed E-state index contributed by atoms with van der Waals surface area (Å²) in [6.45, 7) is 6.84. The van der Waals surface area contributed by atoms with E-state index >= 15 is 0 Å². The van der Waals surface area contributed by atoms with Crippen LogP contribution in [0, 0.1) is 0 Å². The molecule has 5 nitrogen and oxygen atoms in total. The van der Waals surface area contributed by atoms with Crippen LogP contribution in [0.1, 0.15) is 54.6 Å². The maximum Gasteiger partial charge on any atom is 0.251 e. The van der Waals surface area contributed by atoms with Crippen molar-refractivity contribution in [2.24, 2.45) is 0 Å². The molecular weight excluding hydrogens is 350 g/mol. The summed E-state index contributed by atoms with van der Waals surface area (Å²) in [4.78, 5) is 26.4. The molecular formula is C23H31N3O2. The number of nitrogens with zero attached hydrogens (tertiary/aromatic N) is 1. The van der Waals surface area contributed by atoms with Gasteiger partial charge in [0.25, 0.3) is 5.91 Å². The van der Waals surface area contributed by atoms with E-state index in [0.717, 1.165) is 23.2 Å². The Kier molecular flexibility index (Phi) is 7.76. The standard InChI is InChI=1S/C23H31N3O2/c1-6-16(2)20-9-7-8-10-21(20)25-22(27)17(3)26(5)15-18-11-13-19(14-12-18)23(28)24-4/h7-14,16-17H,6,15H2,1-5H3,(H,24,28)(H,25,27)/t16-,17-/m1/s1. The van der Waals surface area contributed by atoms with Crippen LogP contribution in [0.4, 0.5) is 5.69 Å². The zero-order valence-electron chi connectivity index (χ0n) is 17.5. The fourth-order valence-corrected chi connectivity index (χ4v) is 3.03. The SMILES string of the molecule is CC[C@@H](C)c1ccccc1NC(=O)[C@@H](C)N(C)Cc1ccc(C(=O)NC)cc1. The summed E-state index contributed by atoms with van der Waals surface area (Å²) in [6.07, 6.45) is 1.02. The fourth-order valence-electron chi connectivity index (χ4n) is 3.03. The Morgan fingerprint density at radius 3 is 2.29 bits per heavy atom. The normalized spacial score (nSPS) is 13.1. The van der Waals surface area contributed by atoms with Gasteiger partial charge in [-0.3, -0.25) is 14.5 Å². The topological polar surface area (TPSA) is 61.4 Å². The van der Waals surface area contributed by atoms with E-state index in [1.165, 1.54) is 0 Å². The second kappa shape index (κ2) is 10.0. The number of hydrogen-bond acceptors (Lipinski definition) is 3. The number of carbonyl (C=O) groups excluding carboxylic acids is 2. The van der Waals surface area contributed by atoms with Gasteiger partial charge in [0.05, 0.1) is 6.04 Å². The largest absolute Gasteiger partial charge is 0.355 e. The lowest BCUT2D eigenvalue weighted by atomic mass is 9.97. The van der Waals surface area contributed by atoms with Crippen molar-refractivity contribution in [3.8, 4) is 0 Å². The summed E-state index contributed by atoms with van der Waals surface area (Å²) in [5.41, 5.74) is 3.73. The highest BCUT2D eigenvalue weighted by Crippen LogP contribution is 2.26. The monoisotopic (exact) mass is 381 g/mol. The molecule has 0 aromatic heterocycles. The van der Waals surface area contributed by atoms with Crippen LogP contribution in [-0.2, 0) is 11.3 Å². The number of hydrogen-bond donors (Lipinski definition) is 2. The van der Waals surface area contributed by atoms with Gasteiger partial charge in [-0.2, -0.15) is 0 Å². The van der Waals surface area contributed by atoms with Crippen LogP contribution in [0.15, 0.2) is 48.5 Å². The molecule has 0 saturated carbocycles.